The van der Waals surface area contributed by atoms with Gasteiger partial charge in [-0.3, -0.25) is 4.79 Å². The molecule has 1 aliphatic heterocycles. The molecule has 1 aromatic heterocycles. The first kappa shape index (κ1) is 27.9. The molecule has 3 aromatic rings. The molecule has 1 amide bonds. The highest BCUT2D eigenvalue weighted by Crippen LogP contribution is 2.38. The summed E-state index contributed by atoms with van der Waals surface area (Å²) in [6, 6.07) is 6.47. The lowest BCUT2D eigenvalue weighted by Gasteiger charge is -2.34. The van der Waals surface area contributed by atoms with Gasteiger partial charge in [0.1, 0.15) is 0 Å². The zero-order valence-corrected chi connectivity index (χ0v) is 23.0. The summed E-state index contributed by atoms with van der Waals surface area (Å²) in [4.78, 5) is 30.5. The molecule has 0 atom stereocenters. The largest absolute Gasteiger partial charge is 0.478 e. The van der Waals surface area contributed by atoms with E-state index in [0.717, 1.165) is 0 Å². The second-order valence-corrected chi connectivity index (χ2v) is 11.2. The van der Waals surface area contributed by atoms with Crippen molar-refractivity contribution in [2.75, 3.05) is 23.3 Å². The average molecular weight is 568 g/mol. The number of benzene rings is 2. The number of alkyl halides is 2. The Hall–Kier alpha value is -3.11. The number of nitrogens with one attached hydrogen (secondary N) is 2. The number of aromatic carboxylic acids is 1. The lowest BCUT2D eigenvalue weighted by Crippen LogP contribution is -2.40. The number of nitrogens with zero attached hydrogens (tertiary/aromatic N) is 3. The van der Waals surface area contributed by atoms with Crippen LogP contribution in [0.3, 0.4) is 0 Å². The zero-order valence-electron chi connectivity index (χ0n) is 21.5. The summed E-state index contributed by atoms with van der Waals surface area (Å²) < 4.78 is 29.1. The van der Waals surface area contributed by atoms with E-state index in [9.17, 15) is 23.5 Å². The lowest BCUT2D eigenvalue weighted by atomic mass is 9.95. The Balaban J connectivity index is 1.67. The van der Waals surface area contributed by atoms with E-state index in [0.29, 0.717) is 44.0 Å². The highest BCUT2D eigenvalue weighted by molar-refractivity contribution is 6.39. The monoisotopic (exact) mass is 567 g/mol. The number of aromatic nitrogens is 2. The van der Waals surface area contributed by atoms with Crippen molar-refractivity contribution >= 4 is 63.4 Å². The van der Waals surface area contributed by atoms with Gasteiger partial charge < -0.3 is 25.2 Å². The third-order valence-corrected chi connectivity index (χ3v) is 7.34. The lowest BCUT2D eigenvalue weighted by molar-refractivity contribution is -0.128. The number of carbonyl (C=O) groups excluding carboxylic acids is 1. The summed E-state index contributed by atoms with van der Waals surface area (Å²) in [7, 11) is 1.74. The summed E-state index contributed by atoms with van der Waals surface area (Å²) in [6.45, 7) is 5.73. The Kier molecular flexibility index (Phi) is 7.51. The average Bonchev–Trinajstić information content (AvgIpc) is 3.14. The van der Waals surface area contributed by atoms with Crippen LogP contribution in [-0.2, 0) is 18.4 Å². The summed E-state index contributed by atoms with van der Waals surface area (Å²) in [5.74, 6) is -3.71. The number of anilines is 3. The van der Waals surface area contributed by atoms with Gasteiger partial charge in [-0.15, -0.1) is 0 Å². The van der Waals surface area contributed by atoms with Crippen LogP contribution >= 0.6 is 23.2 Å². The number of piperidine rings is 1. The van der Waals surface area contributed by atoms with Crippen molar-refractivity contribution < 1.29 is 23.5 Å². The molecular formula is C26H29Cl2F2N5O3. The van der Waals surface area contributed by atoms with Gasteiger partial charge in [0.15, 0.2) is 0 Å². The van der Waals surface area contributed by atoms with Gasteiger partial charge in [-0.1, -0.05) is 50.0 Å². The number of hydrogen-bond acceptors (Lipinski definition) is 5. The molecule has 3 N–H and O–H groups in total. The molecule has 1 saturated heterocycles. The normalized spacial score (nSPS) is 15.5. The molecule has 0 spiro atoms. The van der Waals surface area contributed by atoms with Gasteiger partial charge >= 0.3 is 5.97 Å². The van der Waals surface area contributed by atoms with E-state index < -0.39 is 17.3 Å². The molecule has 38 heavy (non-hydrogen) atoms. The third-order valence-electron chi connectivity index (χ3n) is 6.59. The van der Waals surface area contributed by atoms with Gasteiger partial charge in [-0.25, -0.2) is 18.6 Å². The number of halogens is 4. The van der Waals surface area contributed by atoms with E-state index in [1.807, 2.05) is 20.8 Å². The number of fused-ring (bicyclic) bond motifs is 1. The van der Waals surface area contributed by atoms with Crippen LogP contribution in [-0.4, -0.2) is 45.5 Å². The molecule has 204 valence electrons. The number of carboxylic acid groups (broad SMARTS) is 1. The van der Waals surface area contributed by atoms with E-state index in [1.54, 1.807) is 34.7 Å². The number of rotatable bonds is 6. The predicted octanol–water partition coefficient (Wildman–Crippen LogP) is 6.22. The maximum atomic E-state index is 13.7. The zero-order chi connectivity index (χ0) is 28.0. The molecule has 0 bridgehead atoms. The molecule has 12 heteroatoms. The van der Waals surface area contributed by atoms with Crippen LogP contribution in [0.2, 0.25) is 10.0 Å². The van der Waals surface area contributed by atoms with E-state index >= 15 is 0 Å². The van der Waals surface area contributed by atoms with Gasteiger partial charge in [0.05, 0.1) is 38.0 Å². The number of amides is 1. The van der Waals surface area contributed by atoms with Crippen molar-refractivity contribution in [2.45, 2.75) is 46.1 Å². The van der Waals surface area contributed by atoms with Crippen molar-refractivity contribution in [1.29, 1.82) is 0 Å². The summed E-state index contributed by atoms with van der Waals surface area (Å²) in [6.07, 6.45) is -0.683. The number of carbonyl (C=O) groups is 2. The second-order valence-electron chi connectivity index (χ2n) is 10.5. The minimum absolute atomic E-state index is 0.0139. The number of imidazole rings is 1. The van der Waals surface area contributed by atoms with Crippen LogP contribution in [0.4, 0.5) is 26.1 Å². The maximum Gasteiger partial charge on any atom is 0.337 e. The van der Waals surface area contributed by atoms with Gasteiger partial charge in [-0.05, 0) is 23.8 Å². The van der Waals surface area contributed by atoms with Crippen LogP contribution in [0.5, 0.6) is 0 Å². The first-order chi connectivity index (χ1) is 17.7. The topological polar surface area (TPSA) is 99.5 Å². The van der Waals surface area contributed by atoms with E-state index in [2.05, 4.69) is 15.6 Å². The molecular weight excluding hydrogens is 539 g/mol. The fourth-order valence-electron chi connectivity index (χ4n) is 4.25. The Morgan fingerprint density at radius 2 is 1.82 bits per heavy atom. The Bertz CT molecular complexity index is 1410. The Morgan fingerprint density at radius 3 is 2.42 bits per heavy atom. The second kappa shape index (κ2) is 10.2. The minimum Gasteiger partial charge on any atom is -0.478 e. The van der Waals surface area contributed by atoms with Crippen molar-refractivity contribution in [3.63, 3.8) is 0 Å². The quantitative estimate of drug-likeness (QED) is 0.327. The fraction of sp³-hybridized carbons (Fsp3) is 0.423. The highest BCUT2D eigenvalue weighted by Gasteiger charge is 2.35. The van der Waals surface area contributed by atoms with E-state index in [4.69, 9.17) is 23.2 Å². The summed E-state index contributed by atoms with van der Waals surface area (Å²) in [5.41, 5.74) is 1.82. The maximum absolute atomic E-state index is 13.7. The first-order valence-corrected chi connectivity index (χ1v) is 12.8. The van der Waals surface area contributed by atoms with Crippen molar-refractivity contribution in [3.8, 4) is 0 Å². The highest BCUT2D eigenvalue weighted by atomic mass is 35.5. The molecule has 0 saturated carbocycles. The minimum atomic E-state index is -2.75. The molecule has 1 aliphatic rings. The van der Waals surface area contributed by atoms with Crippen LogP contribution in [0, 0.1) is 5.41 Å². The first-order valence-electron chi connectivity index (χ1n) is 12.1. The van der Waals surface area contributed by atoms with E-state index in [1.165, 1.54) is 6.07 Å². The van der Waals surface area contributed by atoms with Gasteiger partial charge in [-0.2, -0.15) is 0 Å². The molecule has 0 aliphatic carbocycles. The van der Waals surface area contributed by atoms with Gasteiger partial charge in [0.25, 0.3) is 5.92 Å². The fourth-order valence-corrected chi connectivity index (χ4v) is 4.78. The van der Waals surface area contributed by atoms with Crippen molar-refractivity contribution in [3.05, 3.63) is 45.4 Å². The number of aryl methyl sites for hydroxylation is 1. The van der Waals surface area contributed by atoms with Crippen LogP contribution in [0.15, 0.2) is 24.3 Å². The molecule has 2 aromatic carbocycles. The molecule has 4 rings (SSSR count). The summed E-state index contributed by atoms with van der Waals surface area (Å²) >= 11 is 13.1. The number of hydrogen-bond donors (Lipinski definition) is 3. The molecule has 0 unspecified atom stereocenters. The molecule has 2 heterocycles. The van der Waals surface area contributed by atoms with Crippen LogP contribution in [0.25, 0.3) is 11.0 Å². The van der Waals surface area contributed by atoms with E-state index in [-0.39, 0.29) is 43.9 Å². The smallest absolute Gasteiger partial charge is 0.337 e. The predicted molar refractivity (Wildman–Crippen MR) is 145 cm³/mol. The third kappa shape index (κ3) is 5.66. The summed E-state index contributed by atoms with van der Waals surface area (Å²) in [5, 5.41) is 16.4. The van der Waals surface area contributed by atoms with Crippen molar-refractivity contribution in [2.24, 2.45) is 12.5 Å². The van der Waals surface area contributed by atoms with Crippen molar-refractivity contribution in [1.82, 2.24) is 14.9 Å². The molecule has 1 fully saturated rings. The molecule has 0 radical (unpaired) electrons. The van der Waals surface area contributed by atoms with Gasteiger partial charge in [0.2, 0.25) is 11.9 Å². The Labute approximate surface area is 228 Å². The SMILES string of the molecule is Cn1c(Nc2c(Cl)ccc(CNC(=O)C(C)(C)C)c2Cl)nc2cc(C(=O)O)c(N3CCC(F)(F)CC3)cc21. The molecule has 8 nitrogen and oxygen atoms in total. The van der Waals surface area contributed by atoms with Gasteiger partial charge in [0, 0.05) is 44.9 Å². The van der Waals surface area contributed by atoms with Crippen LogP contribution < -0.4 is 15.5 Å². The number of carboxylic acids is 1. The Morgan fingerprint density at radius 1 is 1.16 bits per heavy atom. The van der Waals surface area contributed by atoms with Crippen LogP contribution in [0.1, 0.15) is 49.5 Å². The standard InChI is InChI=1S/C26H29Cl2F2N5O3/c1-25(2,3)23(38)31-13-14-5-6-16(27)21(20(14)28)33-24-32-17-11-15(22(36)37)18(12-19(17)34(24)4)35-9-7-26(29,30)8-10-35/h5-6,11-12H,7-10,13H2,1-4H3,(H,31,38)(H,32,33)(H,36,37).